The monoisotopic (exact) mass is 544 g/mol. The van der Waals surface area contributed by atoms with Gasteiger partial charge in [-0.15, -0.1) is 0 Å². The van der Waals surface area contributed by atoms with Gasteiger partial charge in [-0.3, -0.25) is 0 Å². The number of rotatable bonds is 8. The van der Waals surface area contributed by atoms with Crippen LogP contribution < -0.4 is 10.4 Å². The summed E-state index contributed by atoms with van der Waals surface area (Å²) in [5, 5.41) is 2.49. The van der Waals surface area contributed by atoms with Crippen molar-refractivity contribution < 1.29 is 0 Å². The molecule has 1 aliphatic heterocycles. The number of nitrogens with zero attached hydrogens (tertiary/aromatic N) is 2. The summed E-state index contributed by atoms with van der Waals surface area (Å²) in [5.41, 5.74) is 17.4. The van der Waals surface area contributed by atoms with Crippen molar-refractivity contribution in [1.82, 2.24) is 9.24 Å². The number of para-hydroxylation sites is 1. The van der Waals surface area contributed by atoms with Gasteiger partial charge in [0.25, 0.3) is 6.21 Å². The fourth-order valence-electron chi connectivity index (χ4n) is 5.53. The van der Waals surface area contributed by atoms with Crippen LogP contribution in [-0.2, 0) is 6.42 Å². The molecule has 42 heavy (non-hydrogen) atoms. The Morgan fingerprint density at radius 1 is 0.833 bits per heavy atom. The summed E-state index contributed by atoms with van der Waals surface area (Å²) in [5.74, 6) is 0. The van der Waals surface area contributed by atoms with Gasteiger partial charge in [0.2, 0.25) is 0 Å². The van der Waals surface area contributed by atoms with E-state index >= 15 is 0 Å². The summed E-state index contributed by atoms with van der Waals surface area (Å²) in [6.45, 7) is 4.09. The van der Waals surface area contributed by atoms with Crippen LogP contribution in [0.3, 0.4) is 0 Å². The van der Waals surface area contributed by atoms with E-state index in [-0.39, 0.29) is 0 Å². The average molecular weight is 545 g/mol. The highest BCUT2D eigenvalue weighted by molar-refractivity contribution is 6.10. The van der Waals surface area contributed by atoms with E-state index in [1.165, 1.54) is 44.1 Å². The molecular weight excluding hydrogens is 510 g/mol. The van der Waals surface area contributed by atoms with Gasteiger partial charge in [0.15, 0.2) is 0 Å². The molecule has 5 aromatic rings. The van der Waals surface area contributed by atoms with E-state index in [4.69, 9.17) is 5.73 Å². The van der Waals surface area contributed by atoms with Crippen LogP contribution in [0.5, 0.6) is 0 Å². The molecule has 1 aromatic heterocycles. The Morgan fingerprint density at radius 2 is 1.55 bits per heavy atom. The fourth-order valence-corrected chi connectivity index (χ4v) is 5.53. The molecule has 0 spiro atoms. The number of hydrogen-bond acceptors (Lipinski definition) is 1. The molecule has 6 rings (SSSR count). The summed E-state index contributed by atoms with van der Waals surface area (Å²) < 4.78 is 6.57. The van der Waals surface area contributed by atoms with Gasteiger partial charge in [0, 0.05) is 27.7 Å². The predicted octanol–water partition coefficient (Wildman–Crippen LogP) is 8.38. The lowest BCUT2D eigenvalue weighted by Crippen LogP contribution is -2.02. The van der Waals surface area contributed by atoms with E-state index in [0.29, 0.717) is 0 Å². The maximum atomic E-state index is 6.27. The van der Waals surface area contributed by atoms with Gasteiger partial charge in [-0.1, -0.05) is 102 Å². The molecule has 0 saturated carbocycles. The number of allylic oxidation sites excluding steroid dienone is 8. The minimum absolute atomic E-state index is 0.732. The third-order valence-corrected chi connectivity index (χ3v) is 7.62. The lowest BCUT2D eigenvalue weighted by molar-refractivity contribution is 1.17. The zero-order chi connectivity index (χ0) is 28.9. The van der Waals surface area contributed by atoms with E-state index in [0.717, 1.165) is 29.0 Å². The first kappa shape index (κ1) is 26.8. The minimum Gasteiger partial charge on any atom is -0.398 e. The van der Waals surface area contributed by atoms with Crippen molar-refractivity contribution in [3.05, 3.63) is 161 Å². The summed E-state index contributed by atoms with van der Waals surface area (Å²) >= 11 is 0. The van der Waals surface area contributed by atoms with Crippen molar-refractivity contribution in [3.63, 3.8) is 0 Å². The van der Waals surface area contributed by atoms with Crippen LogP contribution in [0.2, 0.25) is 0 Å². The Hall–Kier alpha value is -5.37. The second-order valence-corrected chi connectivity index (χ2v) is 10.5. The molecule has 0 amide bonds. The quantitative estimate of drug-likeness (QED) is 0.119. The van der Waals surface area contributed by atoms with Crippen LogP contribution in [0.15, 0.2) is 144 Å². The Kier molecular flexibility index (Phi) is 7.68. The SMILES string of the molecule is C/C=C\C(=C/c1ccc2c3ccc(C/C=C\C=C(/N)C4=C(C)C=[N+]=C4)cc3n(-c3ccccc3)c2c1)c1ccccc1. The molecule has 0 fully saturated rings. The number of benzene rings is 4. The summed E-state index contributed by atoms with van der Waals surface area (Å²) in [7, 11) is 0. The molecule has 4 aromatic carbocycles. The number of hydrogen-bond donors (Lipinski definition) is 1. The van der Waals surface area contributed by atoms with Crippen LogP contribution in [0.4, 0.5) is 0 Å². The molecular formula is C39H34N3+. The highest BCUT2D eigenvalue weighted by Gasteiger charge is 2.14. The van der Waals surface area contributed by atoms with Gasteiger partial charge < -0.3 is 10.3 Å². The third kappa shape index (κ3) is 5.47. The fraction of sp³-hybridized carbons (Fsp3) is 0.0769. The first-order valence-corrected chi connectivity index (χ1v) is 14.3. The van der Waals surface area contributed by atoms with Gasteiger partial charge in [-0.05, 0) is 78.9 Å². The highest BCUT2D eigenvalue weighted by Crippen LogP contribution is 2.34. The van der Waals surface area contributed by atoms with Crippen LogP contribution in [0, 0.1) is 0 Å². The number of fused-ring (bicyclic) bond motifs is 3. The Labute approximate surface area is 247 Å². The van der Waals surface area contributed by atoms with Crippen molar-refractivity contribution in [3.8, 4) is 5.69 Å². The molecule has 0 radical (unpaired) electrons. The van der Waals surface area contributed by atoms with Crippen LogP contribution >= 0.6 is 0 Å². The third-order valence-electron chi connectivity index (χ3n) is 7.62. The van der Waals surface area contributed by atoms with Crippen LogP contribution in [0.25, 0.3) is 39.1 Å². The van der Waals surface area contributed by atoms with Gasteiger partial charge in [0.1, 0.15) is 0 Å². The first-order valence-electron chi connectivity index (χ1n) is 14.3. The second-order valence-electron chi connectivity index (χ2n) is 10.5. The molecule has 1 aliphatic rings. The van der Waals surface area contributed by atoms with E-state index in [1.54, 1.807) is 0 Å². The van der Waals surface area contributed by atoms with Crippen molar-refractivity contribution in [2.45, 2.75) is 20.3 Å². The molecule has 2 N–H and O–H groups in total. The summed E-state index contributed by atoms with van der Waals surface area (Å²) in [6, 6.07) is 34.8. The van der Waals surface area contributed by atoms with E-state index in [1.807, 2.05) is 31.5 Å². The van der Waals surface area contributed by atoms with E-state index < -0.39 is 0 Å². The average Bonchev–Trinajstić information content (AvgIpc) is 3.60. The van der Waals surface area contributed by atoms with E-state index in [9.17, 15) is 0 Å². The lowest BCUT2D eigenvalue weighted by Gasteiger charge is -2.09. The van der Waals surface area contributed by atoms with Gasteiger partial charge in [-0.25, -0.2) is 0 Å². The Morgan fingerprint density at radius 3 is 2.26 bits per heavy atom. The van der Waals surface area contributed by atoms with E-state index in [2.05, 4.69) is 138 Å². The first-order chi connectivity index (χ1) is 20.6. The minimum atomic E-state index is 0.732. The van der Waals surface area contributed by atoms with Gasteiger partial charge in [-0.2, -0.15) is 0 Å². The molecule has 0 saturated heterocycles. The lowest BCUT2D eigenvalue weighted by atomic mass is 10.0. The molecule has 0 atom stereocenters. The van der Waals surface area contributed by atoms with Crippen molar-refractivity contribution in [2.75, 3.05) is 0 Å². The smallest absolute Gasteiger partial charge is 0.302 e. The number of nitrogens with two attached hydrogens (primary N) is 1. The van der Waals surface area contributed by atoms with Gasteiger partial charge in [0.05, 0.1) is 16.6 Å². The summed E-state index contributed by atoms with van der Waals surface area (Å²) in [4.78, 5) is 0. The van der Waals surface area contributed by atoms with Crippen molar-refractivity contribution >= 4 is 45.9 Å². The summed E-state index contributed by atoms with van der Waals surface area (Å²) in [6.07, 6.45) is 17.1. The maximum Gasteiger partial charge on any atom is 0.302 e. The molecule has 0 unspecified atom stereocenters. The Balaban J connectivity index is 1.41. The molecule has 0 aliphatic carbocycles. The molecule has 2 heterocycles. The predicted molar refractivity (Wildman–Crippen MR) is 182 cm³/mol. The normalized spacial score (nSPS) is 14.0. The standard InChI is InChI=1S/C39H34N3/c1-3-12-32(31-14-6-4-7-15-31)23-30-20-22-35-34-21-19-29(13-10-11-18-37(40)36-27-41-26-28(36)2)24-38(34)42(39(35)25-30)33-16-8-5-9-17-33/h3-12,14-27H,13,40H2,1-2H3/q+1/b11-10-,12-3-,32-23+,37-18-. The number of aromatic nitrogens is 1. The maximum absolute atomic E-state index is 6.27. The second kappa shape index (κ2) is 12.0. The molecule has 0 bridgehead atoms. The largest absolute Gasteiger partial charge is 0.398 e. The topological polar surface area (TPSA) is 45.1 Å². The zero-order valence-electron chi connectivity index (χ0n) is 24.0. The van der Waals surface area contributed by atoms with Crippen LogP contribution in [-0.4, -0.2) is 17.0 Å². The van der Waals surface area contributed by atoms with Gasteiger partial charge >= 0.3 is 6.21 Å². The Bertz CT molecular complexity index is 1990. The van der Waals surface area contributed by atoms with Crippen molar-refractivity contribution in [1.29, 1.82) is 0 Å². The zero-order valence-corrected chi connectivity index (χ0v) is 24.0. The molecule has 204 valence electrons. The molecule has 3 nitrogen and oxygen atoms in total. The highest BCUT2D eigenvalue weighted by atomic mass is 15.0. The molecule has 3 heteroatoms. The van der Waals surface area contributed by atoms with Crippen molar-refractivity contribution in [2.24, 2.45) is 5.73 Å². The van der Waals surface area contributed by atoms with Crippen LogP contribution in [0.1, 0.15) is 30.5 Å².